The number of nitrogens with one attached hydrogen (secondary N) is 1. The van der Waals surface area contributed by atoms with Crippen LogP contribution in [-0.4, -0.2) is 28.8 Å². The van der Waals surface area contributed by atoms with Crippen molar-refractivity contribution in [3.8, 4) is 0 Å². The second-order valence-corrected chi connectivity index (χ2v) is 7.00. The van der Waals surface area contributed by atoms with Gasteiger partial charge in [-0.1, -0.05) is 20.8 Å². The molecule has 19 heavy (non-hydrogen) atoms. The molecular weight excluding hydrogens is 361 g/mol. The summed E-state index contributed by atoms with van der Waals surface area (Å²) in [6.45, 7) is 11.4. The lowest BCUT2D eigenvalue weighted by Gasteiger charge is -2.29. The van der Waals surface area contributed by atoms with Crippen molar-refractivity contribution in [2.24, 2.45) is 11.3 Å². The first-order valence-corrected chi connectivity index (χ1v) is 7.69. The Labute approximate surface area is 128 Å². The second-order valence-electron chi connectivity index (χ2n) is 6.37. The third-order valence-electron chi connectivity index (χ3n) is 2.38. The molecule has 0 rings (SSSR count). The number of amides is 1. The van der Waals surface area contributed by atoms with Gasteiger partial charge in [0, 0.05) is 6.54 Å². The Morgan fingerprint density at radius 3 is 2.05 bits per heavy atom. The number of ether oxygens (including phenoxy) is 2. The van der Waals surface area contributed by atoms with Crippen molar-refractivity contribution in [1.29, 1.82) is 0 Å². The molecule has 0 radical (unpaired) electrons. The van der Waals surface area contributed by atoms with Crippen LogP contribution in [0.4, 0.5) is 4.79 Å². The SMILES string of the molecule is CC(C)(C)OC(=O)NCC(C(=O)OCI)C(C)(C)C. The van der Waals surface area contributed by atoms with Gasteiger partial charge in [0.15, 0.2) is 0 Å². The zero-order chi connectivity index (χ0) is 15.3. The molecule has 112 valence electrons. The summed E-state index contributed by atoms with van der Waals surface area (Å²) in [6, 6.07) is 0. The Bertz CT molecular complexity index is 318. The Hall–Kier alpha value is -0.530. The van der Waals surface area contributed by atoms with E-state index in [1.165, 1.54) is 0 Å². The highest BCUT2D eigenvalue weighted by molar-refractivity contribution is 14.1. The molecular formula is C13H24INO4. The number of hydrogen-bond acceptors (Lipinski definition) is 4. The lowest BCUT2D eigenvalue weighted by molar-refractivity contribution is -0.149. The quantitative estimate of drug-likeness (QED) is 0.459. The van der Waals surface area contributed by atoms with Crippen molar-refractivity contribution in [3.05, 3.63) is 0 Å². The van der Waals surface area contributed by atoms with E-state index in [2.05, 4.69) is 5.32 Å². The monoisotopic (exact) mass is 385 g/mol. The van der Waals surface area contributed by atoms with Gasteiger partial charge in [-0.2, -0.15) is 0 Å². The van der Waals surface area contributed by atoms with E-state index in [4.69, 9.17) is 9.47 Å². The minimum absolute atomic E-state index is 0.202. The zero-order valence-corrected chi connectivity index (χ0v) is 14.7. The van der Waals surface area contributed by atoms with Gasteiger partial charge in [-0.05, 0) is 48.8 Å². The van der Waals surface area contributed by atoms with E-state index in [0.29, 0.717) is 4.61 Å². The molecule has 0 aromatic rings. The standard InChI is InChI=1S/C13H24INO4/c1-12(2,3)9(10(16)18-8-14)7-15-11(17)19-13(4,5)6/h9H,7-8H2,1-6H3,(H,15,17). The molecule has 1 amide bonds. The van der Waals surface area contributed by atoms with E-state index in [9.17, 15) is 9.59 Å². The van der Waals surface area contributed by atoms with E-state index in [1.54, 1.807) is 20.8 Å². The molecule has 0 saturated carbocycles. The minimum Gasteiger partial charge on any atom is -0.455 e. The van der Waals surface area contributed by atoms with E-state index in [1.807, 2.05) is 43.4 Å². The van der Waals surface area contributed by atoms with Crippen molar-refractivity contribution in [2.45, 2.75) is 47.1 Å². The summed E-state index contributed by atoms with van der Waals surface area (Å²) in [7, 11) is 0. The first-order valence-electron chi connectivity index (χ1n) is 6.17. The van der Waals surface area contributed by atoms with E-state index >= 15 is 0 Å². The smallest absolute Gasteiger partial charge is 0.407 e. The Morgan fingerprint density at radius 2 is 1.68 bits per heavy atom. The van der Waals surface area contributed by atoms with Crippen LogP contribution >= 0.6 is 22.6 Å². The van der Waals surface area contributed by atoms with E-state index in [-0.39, 0.29) is 17.9 Å². The molecule has 0 fully saturated rings. The van der Waals surface area contributed by atoms with Crippen LogP contribution in [-0.2, 0) is 14.3 Å². The summed E-state index contributed by atoms with van der Waals surface area (Å²) < 4.78 is 10.5. The molecule has 0 aromatic carbocycles. The van der Waals surface area contributed by atoms with Crippen LogP contribution < -0.4 is 5.32 Å². The van der Waals surface area contributed by atoms with Crippen molar-refractivity contribution < 1.29 is 19.1 Å². The van der Waals surface area contributed by atoms with Crippen molar-refractivity contribution >= 4 is 34.7 Å². The summed E-state index contributed by atoms with van der Waals surface area (Å²) in [6.07, 6.45) is -0.524. The Kier molecular flexibility index (Phi) is 7.10. The van der Waals surface area contributed by atoms with Gasteiger partial charge in [0.1, 0.15) is 10.2 Å². The maximum Gasteiger partial charge on any atom is 0.407 e. The number of carbonyl (C=O) groups is 2. The number of alkyl carbamates (subject to hydrolysis) is 1. The van der Waals surface area contributed by atoms with Gasteiger partial charge in [-0.15, -0.1) is 0 Å². The highest BCUT2D eigenvalue weighted by Gasteiger charge is 2.33. The number of rotatable bonds is 4. The van der Waals surface area contributed by atoms with Crippen molar-refractivity contribution in [3.63, 3.8) is 0 Å². The van der Waals surface area contributed by atoms with Gasteiger partial charge >= 0.3 is 12.1 Å². The number of carbonyl (C=O) groups excluding carboxylic acids is 2. The van der Waals surface area contributed by atoms with Crippen LogP contribution in [0.5, 0.6) is 0 Å². The van der Waals surface area contributed by atoms with Gasteiger partial charge < -0.3 is 14.8 Å². The molecule has 0 bridgehead atoms. The summed E-state index contributed by atoms with van der Waals surface area (Å²) in [5.74, 6) is -0.715. The summed E-state index contributed by atoms with van der Waals surface area (Å²) >= 11 is 1.97. The van der Waals surface area contributed by atoms with E-state index in [0.717, 1.165) is 0 Å². The minimum atomic E-state index is -0.552. The topological polar surface area (TPSA) is 64.6 Å². The van der Waals surface area contributed by atoms with Crippen LogP contribution in [0.2, 0.25) is 0 Å². The summed E-state index contributed by atoms with van der Waals surface area (Å²) in [4.78, 5) is 23.5. The zero-order valence-electron chi connectivity index (χ0n) is 12.5. The first-order chi connectivity index (χ1) is 8.47. The molecule has 1 N–H and O–H groups in total. The van der Waals surface area contributed by atoms with Crippen LogP contribution in [0.3, 0.4) is 0 Å². The fraction of sp³-hybridized carbons (Fsp3) is 0.846. The highest BCUT2D eigenvalue weighted by atomic mass is 127. The molecule has 0 aromatic heterocycles. The molecule has 0 aliphatic rings. The maximum absolute atomic E-state index is 11.9. The molecule has 0 spiro atoms. The molecule has 1 atom stereocenters. The van der Waals surface area contributed by atoms with Gasteiger partial charge in [0.25, 0.3) is 0 Å². The largest absolute Gasteiger partial charge is 0.455 e. The third-order valence-corrected chi connectivity index (χ3v) is 2.69. The average molecular weight is 385 g/mol. The predicted octanol–water partition coefficient (Wildman–Crippen LogP) is 3.11. The molecule has 6 heteroatoms. The van der Waals surface area contributed by atoms with Crippen LogP contribution in [0, 0.1) is 11.3 Å². The average Bonchev–Trinajstić information content (AvgIpc) is 2.12. The first kappa shape index (κ1) is 18.5. The highest BCUT2D eigenvalue weighted by Crippen LogP contribution is 2.26. The number of hydrogen-bond donors (Lipinski definition) is 1. The van der Waals surface area contributed by atoms with Gasteiger partial charge in [0.2, 0.25) is 0 Å². The Morgan fingerprint density at radius 1 is 1.16 bits per heavy atom. The van der Waals surface area contributed by atoms with Crippen molar-refractivity contribution in [2.75, 3.05) is 11.2 Å². The van der Waals surface area contributed by atoms with Gasteiger partial charge in [-0.25, -0.2) is 4.79 Å². The van der Waals surface area contributed by atoms with Crippen molar-refractivity contribution in [1.82, 2.24) is 5.32 Å². The van der Waals surface area contributed by atoms with Crippen LogP contribution in [0.25, 0.3) is 0 Å². The third kappa shape index (κ3) is 8.28. The summed E-state index contributed by atoms with van der Waals surface area (Å²) in [5.41, 5.74) is -0.845. The molecule has 0 aliphatic heterocycles. The molecule has 0 saturated heterocycles. The predicted molar refractivity (Wildman–Crippen MR) is 82.2 cm³/mol. The molecule has 5 nitrogen and oxygen atoms in total. The Balaban J connectivity index is 4.52. The summed E-state index contributed by atoms with van der Waals surface area (Å²) in [5, 5.41) is 2.62. The fourth-order valence-corrected chi connectivity index (χ4v) is 1.70. The van der Waals surface area contributed by atoms with Crippen LogP contribution in [0.1, 0.15) is 41.5 Å². The molecule has 1 unspecified atom stereocenters. The van der Waals surface area contributed by atoms with Gasteiger partial charge in [0.05, 0.1) is 5.92 Å². The lowest BCUT2D eigenvalue weighted by Crippen LogP contribution is -2.42. The van der Waals surface area contributed by atoms with E-state index < -0.39 is 17.6 Å². The normalized spacial score (nSPS) is 13.6. The number of esters is 1. The fourth-order valence-electron chi connectivity index (χ4n) is 1.40. The second kappa shape index (κ2) is 7.31. The number of halogens is 1. The maximum atomic E-state index is 11.9. The lowest BCUT2D eigenvalue weighted by atomic mass is 9.80. The number of alkyl halides is 1. The molecule has 0 heterocycles. The molecule has 0 aliphatic carbocycles. The van der Waals surface area contributed by atoms with Gasteiger partial charge in [-0.3, -0.25) is 4.79 Å². The van der Waals surface area contributed by atoms with Crippen LogP contribution in [0.15, 0.2) is 0 Å².